The first-order chi connectivity index (χ1) is 15.0. The number of rotatable bonds is 4. The van der Waals surface area contributed by atoms with Crippen molar-refractivity contribution in [3.8, 4) is 5.69 Å². The van der Waals surface area contributed by atoms with E-state index in [4.69, 9.17) is 11.6 Å². The molecule has 0 fully saturated rings. The maximum atomic E-state index is 14.5. The lowest BCUT2D eigenvalue weighted by Crippen LogP contribution is -2.28. The Morgan fingerprint density at radius 3 is 2.74 bits per heavy atom. The first-order valence-corrected chi connectivity index (χ1v) is 9.78. The minimum atomic E-state index is -0.625. The van der Waals surface area contributed by atoms with Gasteiger partial charge in [-0.05, 0) is 43.3 Å². The second kappa shape index (κ2) is 7.44. The summed E-state index contributed by atoms with van der Waals surface area (Å²) in [5.41, 5.74) is 1.41. The monoisotopic (exact) mass is 435 g/mol. The van der Waals surface area contributed by atoms with Crippen molar-refractivity contribution in [2.24, 2.45) is 0 Å². The van der Waals surface area contributed by atoms with Crippen LogP contribution in [0.2, 0.25) is 5.02 Å². The quantitative estimate of drug-likeness (QED) is 0.442. The molecule has 31 heavy (non-hydrogen) atoms. The first-order valence-electron chi connectivity index (χ1n) is 9.40. The van der Waals surface area contributed by atoms with Gasteiger partial charge >= 0.3 is 0 Å². The average Bonchev–Trinajstić information content (AvgIpc) is 3.24. The van der Waals surface area contributed by atoms with Crippen molar-refractivity contribution in [3.63, 3.8) is 0 Å². The van der Waals surface area contributed by atoms with Crippen LogP contribution in [-0.4, -0.2) is 29.5 Å². The van der Waals surface area contributed by atoms with E-state index < -0.39 is 17.4 Å². The van der Waals surface area contributed by atoms with Crippen molar-refractivity contribution < 1.29 is 4.39 Å². The zero-order valence-electron chi connectivity index (χ0n) is 16.2. The van der Waals surface area contributed by atoms with Gasteiger partial charge in [0.15, 0.2) is 11.5 Å². The molecule has 5 rings (SSSR count). The van der Waals surface area contributed by atoms with E-state index >= 15 is 0 Å². The molecule has 0 saturated carbocycles. The highest BCUT2D eigenvalue weighted by Gasteiger charge is 2.21. The summed E-state index contributed by atoms with van der Waals surface area (Å²) in [5, 5.41) is 3.69. The second-order valence-electron chi connectivity index (χ2n) is 6.91. The van der Waals surface area contributed by atoms with Gasteiger partial charge in [0, 0.05) is 5.02 Å². The van der Waals surface area contributed by atoms with Gasteiger partial charge in [-0.2, -0.15) is 0 Å². The van der Waals surface area contributed by atoms with E-state index in [1.54, 1.807) is 30.3 Å². The number of H-pyrrole nitrogens is 1. The van der Waals surface area contributed by atoms with Gasteiger partial charge in [-0.1, -0.05) is 17.7 Å². The van der Waals surface area contributed by atoms with E-state index in [9.17, 15) is 9.18 Å². The second-order valence-corrected chi connectivity index (χ2v) is 7.35. The van der Waals surface area contributed by atoms with Crippen LogP contribution >= 0.6 is 11.6 Å². The fraction of sp³-hybridized carbons (Fsp3) is 0.0952. The lowest BCUT2D eigenvalue weighted by molar-refractivity contribution is 0.635. The highest BCUT2D eigenvalue weighted by molar-refractivity contribution is 6.30. The standard InChI is InChI=1S/C21H15ClFN7O/c1-11(28-19-17-18(25-9-24-17)26-10-27-19)20-29-15-4-2-3-14(23)16(15)21(31)30(20)13-7-5-12(22)6-8-13/h2-11H,1H3,(H2,24,25,26,27,28)/t11-/m0/s1. The van der Waals surface area contributed by atoms with E-state index in [0.717, 1.165) is 0 Å². The SMILES string of the molecule is C[C@H](Nc1ncnc2nc[nH]c12)c1nc2cccc(F)c2c(=O)n1-c1ccc(Cl)cc1. The number of benzene rings is 2. The van der Waals surface area contributed by atoms with Gasteiger partial charge in [0.05, 0.1) is 23.6 Å². The number of hydrogen-bond acceptors (Lipinski definition) is 6. The fourth-order valence-corrected chi connectivity index (χ4v) is 3.61. The number of nitrogens with zero attached hydrogens (tertiary/aromatic N) is 5. The summed E-state index contributed by atoms with van der Waals surface area (Å²) < 4.78 is 15.9. The van der Waals surface area contributed by atoms with Crippen molar-refractivity contribution in [2.75, 3.05) is 5.32 Å². The molecule has 2 N–H and O–H groups in total. The molecule has 0 unspecified atom stereocenters. The van der Waals surface area contributed by atoms with E-state index in [0.29, 0.717) is 33.5 Å². The zero-order chi connectivity index (χ0) is 21.5. The predicted molar refractivity (Wildman–Crippen MR) is 116 cm³/mol. The van der Waals surface area contributed by atoms with E-state index in [1.165, 1.54) is 29.4 Å². The summed E-state index contributed by atoms with van der Waals surface area (Å²) in [5.74, 6) is 0.266. The molecule has 8 nitrogen and oxygen atoms in total. The summed E-state index contributed by atoms with van der Waals surface area (Å²) in [6.07, 6.45) is 2.92. The minimum absolute atomic E-state index is 0.0774. The van der Waals surface area contributed by atoms with Crippen LogP contribution in [0.15, 0.2) is 59.9 Å². The largest absolute Gasteiger partial charge is 0.358 e. The predicted octanol–water partition coefficient (Wildman–Crippen LogP) is 4.02. The summed E-state index contributed by atoms with van der Waals surface area (Å²) in [4.78, 5) is 33.5. The molecule has 0 bridgehead atoms. The molecular formula is C21H15ClFN7O. The number of anilines is 1. The molecule has 1 atom stereocenters. The van der Waals surface area contributed by atoms with Crippen LogP contribution < -0.4 is 10.9 Å². The Morgan fingerprint density at radius 2 is 1.94 bits per heavy atom. The number of nitrogens with one attached hydrogen (secondary N) is 2. The number of aromatic amines is 1. The van der Waals surface area contributed by atoms with Crippen LogP contribution in [0.5, 0.6) is 0 Å². The lowest BCUT2D eigenvalue weighted by Gasteiger charge is -2.20. The number of imidazole rings is 1. The highest BCUT2D eigenvalue weighted by atomic mass is 35.5. The first kappa shape index (κ1) is 19.1. The van der Waals surface area contributed by atoms with Gasteiger partial charge in [-0.3, -0.25) is 9.36 Å². The van der Waals surface area contributed by atoms with Crippen LogP contribution in [0.3, 0.4) is 0 Å². The topological polar surface area (TPSA) is 101 Å². The smallest absolute Gasteiger partial charge is 0.269 e. The van der Waals surface area contributed by atoms with Gasteiger partial charge in [0.1, 0.15) is 28.9 Å². The molecule has 5 aromatic rings. The lowest BCUT2D eigenvalue weighted by atomic mass is 10.2. The molecule has 0 saturated heterocycles. The molecule has 0 aliphatic rings. The van der Waals surface area contributed by atoms with Crippen molar-refractivity contribution in [3.05, 3.63) is 82.1 Å². The van der Waals surface area contributed by atoms with Crippen molar-refractivity contribution >= 4 is 39.5 Å². The molecule has 3 aromatic heterocycles. The molecule has 0 aliphatic carbocycles. The van der Waals surface area contributed by atoms with Crippen molar-refractivity contribution in [1.82, 2.24) is 29.5 Å². The Kier molecular flexibility index (Phi) is 4.59. The Bertz CT molecular complexity index is 1480. The Morgan fingerprint density at radius 1 is 1.13 bits per heavy atom. The van der Waals surface area contributed by atoms with Crippen LogP contribution in [-0.2, 0) is 0 Å². The number of hydrogen-bond donors (Lipinski definition) is 2. The highest BCUT2D eigenvalue weighted by Crippen LogP contribution is 2.24. The maximum Gasteiger partial charge on any atom is 0.269 e. The molecular weight excluding hydrogens is 421 g/mol. The molecule has 2 aromatic carbocycles. The molecule has 0 aliphatic heterocycles. The van der Waals surface area contributed by atoms with Gasteiger partial charge in [0.25, 0.3) is 5.56 Å². The fourth-order valence-electron chi connectivity index (χ4n) is 3.48. The third-order valence-corrected chi connectivity index (χ3v) is 5.17. The van der Waals surface area contributed by atoms with Crippen molar-refractivity contribution in [2.45, 2.75) is 13.0 Å². The summed E-state index contributed by atoms with van der Waals surface area (Å²) in [6, 6.07) is 10.6. The normalized spacial score (nSPS) is 12.4. The summed E-state index contributed by atoms with van der Waals surface area (Å²) >= 11 is 6.01. The Labute approximate surface area is 179 Å². The van der Waals surface area contributed by atoms with Crippen LogP contribution in [0, 0.1) is 5.82 Å². The number of fused-ring (bicyclic) bond motifs is 2. The van der Waals surface area contributed by atoms with Crippen molar-refractivity contribution in [1.29, 1.82) is 0 Å². The Hall–Kier alpha value is -3.85. The molecule has 10 heteroatoms. The summed E-state index contributed by atoms with van der Waals surface area (Å²) in [7, 11) is 0. The molecule has 3 heterocycles. The molecule has 0 amide bonds. The number of halogens is 2. The van der Waals surface area contributed by atoms with Crippen LogP contribution in [0.4, 0.5) is 10.2 Å². The zero-order valence-corrected chi connectivity index (χ0v) is 16.9. The third kappa shape index (κ3) is 3.28. The maximum absolute atomic E-state index is 14.5. The third-order valence-electron chi connectivity index (χ3n) is 4.92. The number of aromatic nitrogens is 6. The van der Waals surface area contributed by atoms with Gasteiger partial charge < -0.3 is 10.3 Å². The van der Waals surface area contributed by atoms with Gasteiger partial charge in [0.2, 0.25) is 0 Å². The van der Waals surface area contributed by atoms with E-state index in [1.807, 2.05) is 6.92 Å². The minimum Gasteiger partial charge on any atom is -0.358 e. The molecule has 0 spiro atoms. The summed E-state index contributed by atoms with van der Waals surface area (Å²) in [6.45, 7) is 1.84. The van der Waals surface area contributed by atoms with Gasteiger partial charge in [-0.15, -0.1) is 0 Å². The molecule has 0 radical (unpaired) electrons. The average molecular weight is 436 g/mol. The van der Waals surface area contributed by atoms with Crippen LogP contribution in [0.1, 0.15) is 18.8 Å². The van der Waals surface area contributed by atoms with Gasteiger partial charge in [-0.25, -0.2) is 24.3 Å². The Balaban J connectivity index is 1.71. The van der Waals surface area contributed by atoms with E-state index in [2.05, 4.69) is 30.2 Å². The van der Waals surface area contributed by atoms with E-state index in [-0.39, 0.29) is 10.9 Å². The molecule has 154 valence electrons. The van der Waals surface area contributed by atoms with Crippen LogP contribution in [0.25, 0.3) is 27.8 Å².